The number of ketones is 1. The topological polar surface area (TPSA) is 60.8 Å². The molecule has 1 aliphatic rings. The Bertz CT molecular complexity index is 569. The van der Waals surface area contributed by atoms with Crippen molar-refractivity contribution in [1.29, 1.82) is 0 Å². The van der Waals surface area contributed by atoms with Crippen LogP contribution >= 0.6 is 31.9 Å². The van der Waals surface area contributed by atoms with Gasteiger partial charge < -0.3 is 15.1 Å². The number of nitrogens with zero attached hydrogens (tertiary/aromatic N) is 1. The third kappa shape index (κ3) is 3.01. The Morgan fingerprint density at radius 1 is 1.32 bits per heavy atom. The van der Waals surface area contributed by atoms with Gasteiger partial charge in [0.15, 0.2) is 5.78 Å². The van der Waals surface area contributed by atoms with Gasteiger partial charge in [0.1, 0.15) is 16.0 Å². The van der Waals surface area contributed by atoms with Crippen LogP contribution in [0, 0.1) is 0 Å². The molecule has 1 aromatic rings. The SMILES string of the molecule is CN1CCC(=O)/C(=C/c2cc(Br)c(O)c(Br)c2O)C1. The van der Waals surface area contributed by atoms with E-state index in [1.54, 1.807) is 12.1 Å². The molecule has 1 fully saturated rings. The zero-order chi connectivity index (χ0) is 14.2. The number of Topliss-reactive ketones (excluding diaryl/α,β-unsaturated/α-hetero) is 1. The van der Waals surface area contributed by atoms with Crippen molar-refractivity contribution in [2.45, 2.75) is 6.42 Å². The summed E-state index contributed by atoms with van der Waals surface area (Å²) in [4.78, 5) is 13.9. The summed E-state index contributed by atoms with van der Waals surface area (Å²) in [6.07, 6.45) is 2.16. The standard InChI is InChI=1S/C13H13Br2NO3/c1-16-3-2-10(17)8(6-16)4-7-5-9(14)13(19)11(15)12(7)18/h4-5,18-19H,2-3,6H2,1H3/b8-4+. The molecule has 2 rings (SSSR count). The lowest BCUT2D eigenvalue weighted by atomic mass is 10.0. The van der Waals surface area contributed by atoms with Gasteiger partial charge in [-0.15, -0.1) is 0 Å². The molecule has 0 aliphatic carbocycles. The molecule has 0 saturated carbocycles. The van der Waals surface area contributed by atoms with E-state index < -0.39 is 0 Å². The van der Waals surface area contributed by atoms with Crippen molar-refractivity contribution in [1.82, 2.24) is 4.90 Å². The Hall–Kier alpha value is -0.850. The number of likely N-dealkylation sites (N-methyl/N-ethyl adjacent to an activating group) is 1. The number of rotatable bonds is 1. The molecule has 2 N–H and O–H groups in total. The van der Waals surface area contributed by atoms with Crippen molar-refractivity contribution >= 4 is 43.7 Å². The van der Waals surface area contributed by atoms with E-state index in [2.05, 4.69) is 36.8 Å². The normalized spacial score (nSPS) is 19.1. The molecule has 19 heavy (non-hydrogen) atoms. The summed E-state index contributed by atoms with van der Waals surface area (Å²) in [5, 5.41) is 19.7. The second kappa shape index (κ2) is 5.64. The average molecular weight is 391 g/mol. The molecule has 0 spiro atoms. The molecule has 0 amide bonds. The summed E-state index contributed by atoms with van der Waals surface area (Å²) >= 11 is 6.33. The minimum Gasteiger partial charge on any atom is -0.506 e. The second-order valence-corrected chi connectivity index (χ2v) is 6.19. The molecule has 0 radical (unpaired) electrons. The molecule has 6 heteroatoms. The Morgan fingerprint density at radius 3 is 2.68 bits per heavy atom. The maximum atomic E-state index is 11.8. The molecule has 1 aliphatic heterocycles. The summed E-state index contributed by atoms with van der Waals surface area (Å²) in [7, 11) is 1.95. The Morgan fingerprint density at radius 2 is 2.00 bits per heavy atom. The first-order valence-electron chi connectivity index (χ1n) is 5.72. The minimum absolute atomic E-state index is 0.0632. The van der Waals surface area contributed by atoms with Crippen molar-refractivity contribution in [3.05, 3.63) is 26.1 Å². The molecule has 1 heterocycles. The smallest absolute Gasteiger partial charge is 0.161 e. The van der Waals surface area contributed by atoms with E-state index in [1.165, 1.54) is 0 Å². The van der Waals surface area contributed by atoms with Crippen molar-refractivity contribution in [2.24, 2.45) is 0 Å². The van der Waals surface area contributed by atoms with Gasteiger partial charge in [0.25, 0.3) is 0 Å². The predicted octanol–water partition coefficient (Wildman–Crippen LogP) is 2.91. The maximum absolute atomic E-state index is 11.8. The molecular weight excluding hydrogens is 378 g/mol. The number of phenols is 2. The summed E-state index contributed by atoms with van der Waals surface area (Å²) in [6.45, 7) is 1.32. The van der Waals surface area contributed by atoms with Crippen LogP contribution in [-0.2, 0) is 4.79 Å². The maximum Gasteiger partial charge on any atom is 0.161 e. The molecule has 4 nitrogen and oxygen atoms in total. The highest BCUT2D eigenvalue weighted by Gasteiger charge is 2.20. The van der Waals surface area contributed by atoms with E-state index in [4.69, 9.17) is 0 Å². The molecule has 1 saturated heterocycles. The van der Waals surface area contributed by atoms with Gasteiger partial charge in [0.2, 0.25) is 0 Å². The lowest BCUT2D eigenvalue weighted by Crippen LogP contribution is -2.32. The fourth-order valence-corrected chi connectivity index (χ4v) is 3.11. The number of halogens is 2. The molecule has 102 valence electrons. The monoisotopic (exact) mass is 389 g/mol. The molecule has 1 aromatic carbocycles. The fraction of sp³-hybridized carbons (Fsp3) is 0.308. The minimum atomic E-state index is -0.0748. The first-order chi connectivity index (χ1) is 8.90. The van der Waals surface area contributed by atoms with Crippen LogP contribution < -0.4 is 0 Å². The van der Waals surface area contributed by atoms with Crippen molar-refractivity contribution < 1.29 is 15.0 Å². The highest BCUT2D eigenvalue weighted by Crippen LogP contribution is 2.42. The quantitative estimate of drug-likeness (QED) is 0.724. The number of benzene rings is 1. The lowest BCUT2D eigenvalue weighted by Gasteiger charge is -2.23. The molecule has 0 unspecified atom stereocenters. The summed E-state index contributed by atoms with van der Waals surface area (Å²) < 4.78 is 0.672. The Kier molecular flexibility index (Phi) is 4.32. The number of carbonyl (C=O) groups is 1. The summed E-state index contributed by atoms with van der Waals surface area (Å²) in [5.41, 5.74) is 1.16. The van der Waals surface area contributed by atoms with Gasteiger partial charge in [-0.25, -0.2) is 0 Å². The Balaban J connectivity index is 2.45. The van der Waals surface area contributed by atoms with Gasteiger partial charge in [0, 0.05) is 30.6 Å². The average Bonchev–Trinajstić information content (AvgIpc) is 2.37. The lowest BCUT2D eigenvalue weighted by molar-refractivity contribution is -0.117. The zero-order valence-corrected chi connectivity index (χ0v) is 13.5. The first kappa shape index (κ1) is 14.6. The predicted molar refractivity (Wildman–Crippen MR) is 80.3 cm³/mol. The summed E-state index contributed by atoms with van der Waals surface area (Å²) in [5.74, 6) is -0.0428. The third-order valence-electron chi connectivity index (χ3n) is 3.05. The van der Waals surface area contributed by atoms with Crippen molar-refractivity contribution in [3.63, 3.8) is 0 Å². The van der Waals surface area contributed by atoms with Gasteiger partial charge in [0.05, 0.1) is 4.47 Å². The highest BCUT2D eigenvalue weighted by atomic mass is 79.9. The largest absolute Gasteiger partial charge is 0.506 e. The van der Waals surface area contributed by atoms with Crippen LogP contribution in [0.3, 0.4) is 0 Å². The number of likely N-dealkylation sites (tertiary alicyclic amines) is 1. The van der Waals surface area contributed by atoms with E-state index in [0.29, 0.717) is 28.6 Å². The van der Waals surface area contributed by atoms with Gasteiger partial charge >= 0.3 is 0 Å². The van der Waals surface area contributed by atoms with E-state index in [-0.39, 0.29) is 21.8 Å². The second-order valence-electron chi connectivity index (χ2n) is 4.54. The highest BCUT2D eigenvalue weighted by molar-refractivity contribution is 9.11. The van der Waals surface area contributed by atoms with Crippen molar-refractivity contribution in [3.8, 4) is 11.5 Å². The molecule has 0 aromatic heterocycles. The van der Waals surface area contributed by atoms with Gasteiger partial charge in [-0.1, -0.05) is 0 Å². The van der Waals surface area contributed by atoms with Crippen LogP contribution in [0.15, 0.2) is 20.6 Å². The first-order valence-corrected chi connectivity index (χ1v) is 7.31. The third-order valence-corrected chi connectivity index (χ3v) is 4.40. The van der Waals surface area contributed by atoms with Crippen LogP contribution in [0.4, 0.5) is 0 Å². The van der Waals surface area contributed by atoms with E-state index in [9.17, 15) is 15.0 Å². The molecular formula is C13H13Br2NO3. The van der Waals surface area contributed by atoms with Crippen LogP contribution in [0.1, 0.15) is 12.0 Å². The number of aromatic hydroxyl groups is 2. The fourth-order valence-electron chi connectivity index (χ4n) is 1.95. The van der Waals surface area contributed by atoms with Crippen LogP contribution in [0.25, 0.3) is 6.08 Å². The van der Waals surface area contributed by atoms with E-state index in [1.807, 2.05) is 7.05 Å². The number of carbonyl (C=O) groups excluding carboxylic acids is 1. The summed E-state index contributed by atoms with van der Waals surface area (Å²) in [6, 6.07) is 1.59. The number of phenolic OH excluding ortho intramolecular Hbond substituents is 2. The van der Waals surface area contributed by atoms with Crippen LogP contribution in [0.2, 0.25) is 0 Å². The van der Waals surface area contributed by atoms with Gasteiger partial charge in [-0.3, -0.25) is 4.79 Å². The van der Waals surface area contributed by atoms with Crippen molar-refractivity contribution in [2.75, 3.05) is 20.1 Å². The number of piperidine rings is 1. The van der Waals surface area contributed by atoms with E-state index >= 15 is 0 Å². The van der Waals surface area contributed by atoms with Gasteiger partial charge in [-0.2, -0.15) is 0 Å². The van der Waals surface area contributed by atoms with Crippen LogP contribution in [-0.4, -0.2) is 41.0 Å². The number of hydrogen-bond acceptors (Lipinski definition) is 4. The Labute approximate surface area is 128 Å². The molecule has 0 bridgehead atoms. The molecule has 0 atom stereocenters. The van der Waals surface area contributed by atoms with Gasteiger partial charge in [-0.05, 0) is 51.0 Å². The van der Waals surface area contributed by atoms with E-state index in [0.717, 1.165) is 6.54 Å². The zero-order valence-electron chi connectivity index (χ0n) is 10.3. The number of hydrogen-bond donors (Lipinski definition) is 2. The van der Waals surface area contributed by atoms with Crippen LogP contribution in [0.5, 0.6) is 11.5 Å².